The van der Waals surface area contributed by atoms with Gasteiger partial charge in [-0.1, -0.05) is 0 Å². The third-order valence-electron chi connectivity index (χ3n) is 3.85. The molecule has 0 aromatic carbocycles. The number of nitrogens with one attached hydrogen (secondary N) is 2. The van der Waals surface area contributed by atoms with E-state index in [1.165, 1.54) is 25.9 Å². The van der Waals surface area contributed by atoms with E-state index in [0.29, 0.717) is 0 Å². The highest BCUT2D eigenvalue weighted by Gasteiger charge is 2.37. The molecule has 0 aromatic heterocycles. The van der Waals surface area contributed by atoms with E-state index in [9.17, 15) is 5.11 Å². The van der Waals surface area contributed by atoms with E-state index in [1.54, 1.807) is 0 Å². The van der Waals surface area contributed by atoms with Crippen LogP contribution in [0.25, 0.3) is 0 Å². The first-order chi connectivity index (χ1) is 6.73. The van der Waals surface area contributed by atoms with Crippen LogP contribution in [0, 0.1) is 11.8 Å². The fraction of sp³-hybridized carbons (Fsp3) is 1.00. The zero-order chi connectivity index (χ0) is 10.0. The molecule has 2 fully saturated rings. The zero-order valence-corrected chi connectivity index (χ0v) is 9.05. The smallest absolute Gasteiger partial charge is 0.0610 e. The molecule has 3 atom stereocenters. The molecule has 2 aliphatic heterocycles. The summed E-state index contributed by atoms with van der Waals surface area (Å²) in [5, 5.41) is 16.2. The third kappa shape index (κ3) is 2.10. The molecule has 2 saturated heterocycles. The van der Waals surface area contributed by atoms with Crippen LogP contribution in [0.15, 0.2) is 0 Å². The van der Waals surface area contributed by atoms with E-state index >= 15 is 0 Å². The maximum atomic E-state index is 9.26. The van der Waals surface area contributed by atoms with E-state index in [0.717, 1.165) is 24.8 Å². The SMILES string of the molecule is CC1(CO)CC(C2CCCNC2)CN1. The van der Waals surface area contributed by atoms with E-state index in [4.69, 9.17) is 0 Å². The van der Waals surface area contributed by atoms with E-state index in [1.807, 2.05) is 0 Å². The van der Waals surface area contributed by atoms with E-state index in [2.05, 4.69) is 17.6 Å². The number of hydrogen-bond acceptors (Lipinski definition) is 3. The van der Waals surface area contributed by atoms with Crippen molar-refractivity contribution in [1.29, 1.82) is 0 Å². The van der Waals surface area contributed by atoms with E-state index < -0.39 is 0 Å². The molecule has 2 aliphatic rings. The standard InChI is InChI=1S/C11H22N2O/c1-11(8-14)5-10(7-13-11)9-3-2-4-12-6-9/h9-10,12-14H,2-8H2,1H3. The minimum Gasteiger partial charge on any atom is -0.394 e. The van der Waals surface area contributed by atoms with Crippen molar-refractivity contribution in [3.05, 3.63) is 0 Å². The number of piperidine rings is 1. The second-order valence-electron chi connectivity index (χ2n) is 5.17. The average Bonchev–Trinajstić information content (AvgIpc) is 2.63. The van der Waals surface area contributed by atoms with Gasteiger partial charge in [-0.25, -0.2) is 0 Å². The Bertz CT molecular complexity index is 192. The van der Waals surface area contributed by atoms with E-state index in [-0.39, 0.29) is 12.1 Å². The lowest BCUT2D eigenvalue weighted by atomic mass is 9.82. The number of rotatable bonds is 2. The monoisotopic (exact) mass is 198 g/mol. The normalized spacial score (nSPS) is 44.1. The van der Waals surface area contributed by atoms with Crippen LogP contribution in [-0.4, -0.2) is 36.9 Å². The summed E-state index contributed by atoms with van der Waals surface area (Å²) < 4.78 is 0. The van der Waals surface area contributed by atoms with Crippen LogP contribution in [0.2, 0.25) is 0 Å². The first kappa shape index (κ1) is 10.4. The van der Waals surface area contributed by atoms with Crippen LogP contribution >= 0.6 is 0 Å². The molecule has 0 amide bonds. The van der Waals surface area contributed by atoms with Crippen molar-refractivity contribution in [2.24, 2.45) is 11.8 Å². The van der Waals surface area contributed by atoms with Gasteiger partial charge in [-0.05, 0) is 57.7 Å². The van der Waals surface area contributed by atoms with Gasteiger partial charge in [0.2, 0.25) is 0 Å². The fourth-order valence-corrected chi connectivity index (χ4v) is 2.84. The van der Waals surface area contributed by atoms with Crippen LogP contribution in [0.5, 0.6) is 0 Å². The van der Waals surface area contributed by atoms with Gasteiger partial charge in [-0.15, -0.1) is 0 Å². The second kappa shape index (κ2) is 4.17. The van der Waals surface area contributed by atoms with Gasteiger partial charge in [-0.3, -0.25) is 0 Å². The molecule has 82 valence electrons. The molecule has 2 heterocycles. The maximum Gasteiger partial charge on any atom is 0.0610 e. The molecular weight excluding hydrogens is 176 g/mol. The molecular formula is C11H22N2O. The Morgan fingerprint density at radius 1 is 1.36 bits per heavy atom. The quantitative estimate of drug-likeness (QED) is 0.600. The van der Waals surface area contributed by atoms with Gasteiger partial charge < -0.3 is 15.7 Å². The molecule has 2 rings (SSSR count). The second-order valence-corrected chi connectivity index (χ2v) is 5.17. The first-order valence-electron chi connectivity index (χ1n) is 5.80. The van der Waals surface area contributed by atoms with Crippen LogP contribution in [0.1, 0.15) is 26.2 Å². The highest BCUT2D eigenvalue weighted by Crippen LogP contribution is 2.32. The molecule has 3 heteroatoms. The summed E-state index contributed by atoms with van der Waals surface area (Å²) in [6.45, 7) is 5.85. The van der Waals surface area contributed by atoms with Crippen molar-refractivity contribution in [2.75, 3.05) is 26.2 Å². The Hall–Kier alpha value is -0.120. The highest BCUT2D eigenvalue weighted by molar-refractivity contribution is 4.95. The summed E-state index contributed by atoms with van der Waals surface area (Å²) in [7, 11) is 0. The third-order valence-corrected chi connectivity index (χ3v) is 3.85. The lowest BCUT2D eigenvalue weighted by Crippen LogP contribution is -2.39. The van der Waals surface area contributed by atoms with Crippen LogP contribution < -0.4 is 10.6 Å². The Balaban J connectivity index is 1.88. The molecule has 0 bridgehead atoms. The Morgan fingerprint density at radius 2 is 2.21 bits per heavy atom. The molecule has 0 aliphatic carbocycles. The molecule has 3 unspecified atom stereocenters. The number of aliphatic hydroxyl groups is 1. The molecule has 0 aromatic rings. The average molecular weight is 198 g/mol. The fourth-order valence-electron chi connectivity index (χ4n) is 2.84. The van der Waals surface area contributed by atoms with Gasteiger partial charge in [0.1, 0.15) is 0 Å². The molecule has 0 saturated carbocycles. The van der Waals surface area contributed by atoms with Crippen molar-refractivity contribution in [2.45, 2.75) is 31.7 Å². The van der Waals surface area contributed by atoms with Crippen molar-refractivity contribution in [1.82, 2.24) is 10.6 Å². The summed E-state index contributed by atoms with van der Waals surface area (Å²) in [5.74, 6) is 1.59. The van der Waals surface area contributed by atoms with Gasteiger partial charge >= 0.3 is 0 Å². The minimum atomic E-state index is -0.0118. The molecule has 14 heavy (non-hydrogen) atoms. The van der Waals surface area contributed by atoms with Gasteiger partial charge in [0.05, 0.1) is 6.61 Å². The molecule has 0 radical (unpaired) electrons. The largest absolute Gasteiger partial charge is 0.394 e. The van der Waals surface area contributed by atoms with Crippen LogP contribution in [0.3, 0.4) is 0 Å². The van der Waals surface area contributed by atoms with Crippen molar-refractivity contribution >= 4 is 0 Å². The van der Waals surface area contributed by atoms with Gasteiger partial charge in [0, 0.05) is 5.54 Å². The topological polar surface area (TPSA) is 44.3 Å². The number of aliphatic hydroxyl groups excluding tert-OH is 1. The lowest BCUT2D eigenvalue weighted by molar-refractivity contribution is 0.181. The Kier molecular flexibility index (Phi) is 3.10. The maximum absolute atomic E-state index is 9.26. The summed E-state index contributed by atoms with van der Waals surface area (Å²) in [4.78, 5) is 0. The van der Waals surface area contributed by atoms with Crippen molar-refractivity contribution in [3.8, 4) is 0 Å². The summed E-state index contributed by atoms with van der Waals surface area (Å²) in [6, 6.07) is 0. The van der Waals surface area contributed by atoms with Crippen LogP contribution in [-0.2, 0) is 0 Å². The Morgan fingerprint density at radius 3 is 2.79 bits per heavy atom. The summed E-state index contributed by atoms with van der Waals surface area (Å²) in [6.07, 6.45) is 3.81. The first-order valence-corrected chi connectivity index (χ1v) is 5.80. The van der Waals surface area contributed by atoms with Crippen molar-refractivity contribution in [3.63, 3.8) is 0 Å². The van der Waals surface area contributed by atoms with Crippen LogP contribution in [0.4, 0.5) is 0 Å². The minimum absolute atomic E-state index is 0.0118. The Labute approximate surface area is 86.3 Å². The molecule has 0 spiro atoms. The van der Waals surface area contributed by atoms with Gasteiger partial charge in [-0.2, -0.15) is 0 Å². The van der Waals surface area contributed by atoms with Crippen molar-refractivity contribution < 1.29 is 5.11 Å². The summed E-state index contributed by atoms with van der Waals surface area (Å²) >= 11 is 0. The van der Waals surface area contributed by atoms with Gasteiger partial charge in [0.25, 0.3) is 0 Å². The zero-order valence-electron chi connectivity index (χ0n) is 9.05. The predicted octanol–water partition coefficient (Wildman–Crippen LogP) is 0.346. The highest BCUT2D eigenvalue weighted by atomic mass is 16.3. The predicted molar refractivity (Wildman–Crippen MR) is 57.2 cm³/mol. The summed E-state index contributed by atoms with van der Waals surface area (Å²) in [5.41, 5.74) is -0.0118. The molecule has 3 N–H and O–H groups in total. The molecule has 3 nitrogen and oxygen atoms in total. The van der Waals surface area contributed by atoms with Gasteiger partial charge in [0.15, 0.2) is 0 Å². The lowest BCUT2D eigenvalue weighted by Gasteiger charge is -2.28. The number of hydrogen-bond donors (Lipinski definition) is 3.